The fourth-order valence-corrected chi connectivity index (χ4v) is 2.21. The molecule has 1 amide bonds. The first-order chi connectivity index (χ1) is 8.50. The van der Waals surface area contributed by atoms with Gasteiger partial charge in [-0.25, -0.2) is 13.6 Å². The van der Waals surface area contributed by atoms with Gasteiger partial charge in [-0.3, -0.25) is 4.79 Å². The Morgan fingerprint density at radius 3 is 2.42 bits per heavy atom. The number of furan rings is 1. The van der Waals surface area contributed by atoms with E-state index >= 15 is 0 Å². The molecule has 0 saturated carbocycles. The first kappa shape index (κ1) is 15.7. The number of carbonyl (C=O) groups excluding carboxylic acids is 1. The summed E-state index contributed by atoms with van der Waals surface area (Å²) in [4.78, 5) is 11.6. The quantitative estimate of drug-likeness (QED) is 0.874. The van der Waals surface area contributed by atoms with E-state index in [0.717, 1.165) is 12.5 Å². The van der Waals surface area contributed by atoms with Gasteiger partial charge in [0.05, 0.1) is 0 Å². The van der Waals surface area contributed by atoms with Crippen molar-refractivity contribution in [1.82, 2.24) is 5.32 Å². The van der Waals surface area contributed by atoms with Crippen molar-refractivity contribution in [2.75, 3.05) is 6.54 Å². The molecule has 0 fully saturated rings. The summed E-state index contributed by atoms with van der Waals surface area (Å²) in [6.45, 7) is 8.14. The van der Waals surface area contributed by atoms with Crippen molar-refractivity contribution in [3.05, 3.63) is 17.6 Å². The van der Waals surface area contributed by atoms with E-state index in [1.165, 1.54) is 6.92 Å². The molecule has 1 rings (SSSR count). The molecule has 0 aliphatic carbocycles. The molecule has 0 aromatic carbocycles. The lowest BCUT2D eigenvalue weighted by Crippen LogP contribution is -2.26. The lowest BCUT2D eigenvalue weighted by Gasteiger charge is -2.17. The monoisotopic (exact) mass is 288 g/mol. The molecule has 0 aliphatic heterocycles. The Morgan fingerprint density at radius 2 is 2.00 bits per heavy atom. The van der Waals surface area contributed by atoms with Gasteiger partial charge in [0, 0.05) is 12.6 Å². The summed E-state index contributed by atoms with van der Waals surface area (Å²) in [5.41, 5.74) is 0.109. The largest absolute Gasteiger partial charge is 0.455 e. The molecule has 1 aromatic heterocycles. The molecular formula is C12H20N2O4S. The third-order valence-electron chi connectivity index (χ3n) is 2.56. The zero-order valence-electron chi connectivity index (χ0n) is 11.6. The highest BCUT2D eigenvalue weighted by atomic mass is 32.2. The molecule has 0 atom stereocenters. The summed E-state index contributed by atoms with van der Waals surface area (Å²) in [7, 11) is -3.86. The number of nitrogens with one attached hydrogen (secondary N) is 1. The Kier molecular flexibility index (Phi) is 4.42. The molecule has 0 unspecified atom stereocenters. The number of hydrogen-bond donors (Lipinski definition) is 2. The molecular weight excluding hydrogens is 268 g/mol. The van der Waals surface area contributed by atoms with E-state index in [0.29, 0.717) is 6.54 Å². The first-order valence-corrected chi connectivity index (χ1v) is 7.47. The molecule has 3 N–H and O–H groups in total. The molecule has 6 nitrogen and oxygen atoms in total. The van der Waals surface area contributed by atoms with Crippen LogP contribution in [0.1, 0.15) is 43.5 Å². The minimum Gasteiger partial charge on any atom is -0.455 e. The lowest BCUT2D eigenvalue weighted by molar-refractivity contribution is 0.0920. The smallest absolute Gasteiger partial charge is 0.287 e. The number of carbonyl (C=O) groups is 1. The summed E-state index contributed by atoms with van der Waals surface area (Å²) >= 11 is 0. The Morgan fingerprint density at radius 1 is 1.42 bits per heavy atom. The van der Waals surface area contributed by atoms with E-state index in [2.05, 4.69) is 26.1 Å². The van der Waals surface area contributed by atoms with Crippen LogP contribution in [0.5, 0.6) is 0 Å². The third kappa shape index (κ3) is 4.68. The van der Waals surface area contributed by atoms with Crippen molar-refractivity contribution < 1.29 is 17.6 Å². The fourth-order valence-electron chi connectivity index (χ4n) is 1.50. The standard InChI is InChI=1S/C12H20N2O4S/c1-8-10(19(13,16)17)7-9(18-8)11(15)14-6-5-12(2,3)4/h7H,5-6H2,1-4H3,(H,14,15)(H2,13,16,17). The van der Waals surface area contributed by atoms with Gasteiger partial charge in [0.2, 0.25) is 10.0 Å². The van der Waals surface area contributed by atoms with E-state index in [4.69, 9.17) is 9.56 Å². The molecule has 0 bridgehead atoms. The molecule has 1 aromatic rings. The van der Waals surface area contributed by atoms with E-state index < -0.39 is 15.9 Å². The second kappa shape index (κ2) is 5.34. The van der Waals surface area contributed by atoms with Crippen molar-refractivity contribution in [3.8, 4) is 0 Å². The number of primary sulfonamides is 1. The van der Waals surface area contributed by atoms with Gasteiger partial charge in [-0.1, -0.05) is 20.8 Å². The van der Waals surface area contributed by atoms with E-state index in [1.807, 2.05) is 0 Å². The van der Waals surface area contributed by atoms with Crippen LogP contribution in [0.3, 0.4) is 0 Å². The van der Waals surface area contributed by atoms with Gasteiger partial charge in [-0.2, -0.15) is 0 Å². The minimum absolute atomic E-state index is 0.0459. The van der Waals surface area contributed by atoms with Gasteiger partial charge in [-0.05, 0) is 18.8 Å². The van der Waals surface area contributed by atoms with Crippen LogP contribution < -0.4 is 10.5 Å². The van der Waals surface area contributed by atoms with Gasteiger partial charge in [0.1, 0.15) is 10.7 Å². The molecule has 0 radical (unpaired) electrons. The van der Waals surface area contributed by atoms with E-state index in [9.17, 15) is 13.2 Å². The normalized spacial score (nSPS) is 12.5. The second-order valence-corrected chi connectivity index (χ2v) is 7.17. The summed E-state index contributed by atoms with van der Waals surface area (Å²) in [6, 6.07) is 1.15. The SMILES string of the molecule is Cc1oc(C(=O)NCCC(C)(C)C)cc1S(N)(=O)=O. The average Bonchev–Trinajstić information content (AvgIpc) is 2.57. The van der Waals surface area contributed by atoms with Crippen LogP contribution in [-0.2, 0) is 10.0 Å². The van der Waals surface area contributed by atoms with Gasteiger partial charge >= 0.3 is 0 Å². The van der Waals surface area contributed by atoms with Crippen molar-refractivity contribution in [3.63, 3.8) is 0 Å². The van der Waals surface area contributed by atoms with Crippen LogP contribution >= 0.6 is 0 Å². The van der Waals surface area contributed by atoms with Crippen molar-refractivity contribution in [1.29, 1.82) is 0 Å². The van der Waals surface area contributed by atoms with E-state index in [-0.39, 0.29) is 21.8 Å². The molecule has 0 saturated heterocycles. The Bertz CT molecular complexity index is 567. The second-order valence-electron chi connectivity index (χ2n) is 5.64. The predicted octanol–water partition coefficient (Wildman–Crippen LogP) is 1.40. The molecule has 7 heteroatoms. The number of aryl methyl sites for hydroxylation is 1. The number of amides is 1. The maximum absolute atomic E-state index is 11.8. The minimum atomic E-state index is -3.86. The van der Waals surface area contributed by atoms with Crippen LogP contribution in [-0.4, -0.2) is 20.9 Å². The van der Waals surface area contributed by atoms with Gasteiger partial charge in [-0.15, -0.1) is 0 Å². The highest BCUT2D eigenvalue weighted by molar-refractivity contribution is 7.89. The Labute approximate surface area is 113 Å². The predicted molar refractivity (Wildman–Crippen MR) is 71.2 cm³/mol. The molecule has 0 spiro atoms. The summed E-state index contributed by atoms with van der Waals surface area (Å²) in [5.74, 6) is -0.374. The molecule has 108 valence electrons. The number of nitrogens with two attached hydrogens (primary N) is 1. The van der Waals surface area contributed by atoms with Crippen molar-refractivity contribution >= 4 is 15.9 Å². The third-order valence-corrected chi connectivity index (χ3v) is 3.58. The van der Waals surface area contributed by atoms with Crippen molar-refractivity contribution in [2.24, 2.45) is 10.6 Å². The summed E-state index contributed by atoms with van der Waals surface area (Å²) < 4.78 is 27.6. The number of hydrogen-bond acceptors (Lipinski definition) is 4. The number of rotatable bonds is 4. The topological polar surface area (TPSA) is 102 Å². The summed E-state index contributed by atoms with van der Waals surface area (Å²) in [6.07, 6.45) is 0.806. The average molecular weight is 288 g/mol. The van der Waals surface area contributed by atoms with Crippen LogP contribution in [0.4, 0.5) is 0 Å². The zero-order valence-corrected chi connectivity index (χ0v) is 12.4. The highest BCUT2D eigenvalue weighted by Gasteiger charge is 2.21. The Hall–Kier alpha value is -1.34. The van der Waals surface area contributed by atoms with Crippen molar-refractivity contribution in [2.45, 2.75) is 39.0 Å². The van der Waals surface area contributed by atoms with Crippen LogP contribution in [0.15, 0.2) is 15.4 Å². The van der Waals surface area contributed by atoms with Gasteiger partial charge < -0.3 is 9.73 Å². The van der Waals surface area contributed by atoms with Crippen LogP contribution in [0.2, 0.25) is 0 Å². The maximum atomic E-state index is 11.8. The van der Waals surface area contributed by atoms with Gasteiger partial charge in [0.15, 0.2) is 5.76 Å². The zero-order chi connectivity index (χ0) is 14.8. The van der Waals surface area contributed by atoms with Gasteiger partial charge in [0.25, 0.3) is 5.91 Å². The molecule has 1 heterocycles. The highest BCUT2D eigenvalue weighted by Crippen LogP contribution is 2.19. The fraction of sp³-hybridized carbons (Fsp3) is 0.583. The van der Waals surface area contributed by atoms with E-state index in [1.54, 1.807) is 0 Å². The van der Waals surface area contributed by atoms with Crippen LogP contribution in [0.25, 0.3) is 0 Å². The first-order valence-electron chi connectivity index (χ1n) is 5.92. The Balaban J connectivity index is 2.74. The maximum Gasteiger partial charge on any atom is 0.287 e. The summed E-state index contributed by atoms with van der Waals surface area (Å²) in [5, 5.41) is 7.69. The lowest BCUT2D eigenvalue weighted by atomic mass is 9.92. The molecule has 0 aliphatic rings. The number of sulfonamides is 1. The molecule has 19 heavy (non-hydrogen) atoms. The van der Waals surface area contributed by atoms with Crippen LogP contribution in [0, 0.1) is 12.3 Å².